The fourth-order valence-electron chi connectivity index (χ4n) is 4.04. The number of nitrogens with one attached hydrogen (secondary N) is 1. The summed E-state index contributed by atoms with van der Waals surface area (Å²) in [5.74, 6) is 0. The molecule has 3 aliphatic rings. The second-order valence-electron chi connectivity index (χ2n) is 5.68. The van der Waals surface area contributed by atoms with Gasteiger partial charge in [-0.25, -0.2) is 0 Å². The SMILES string of the molecule is CN1CC2CNCCN2C2(CCCC2)C1. The molecule has 3 heteroatoms. The fourth-order valence-corrected chi connectivity index (χ4v) is 4.04. The van der Waals surface area contributed by atoms with Gasteiger partial charge in [-0.05, 0) is 19.9 Å². The Labute approximate surface area is 92.8 Å². The Morgan fingerprint density at radius 3 is 2.87 bits per heavy atom. The lowest BCUT2D eigenvalue weighted by Crippen LogP contribution is -2.69. The summed E-state index contributed by atoms with van der Waals surface area (Å²) >= 11 is 0. The third-order valence-electron chi connectivity index (χ3n) is 4.58. The third kappa shape index (κ3) is 1.61. The first-order valence-electron chi connectivity index (χ1n) is 6.46. The average molecular weight is 209 g/mol. The van der Waals surface area contributed by atoms with E-state index in [1.807, 2.05) is 0 Å². The zero-order valence-corrected chi connectivity index (χ0v) is 9.84. The predicted molar refractivity (Wildman–Crippen MR) is 62.1 cm³/mol. The van der Waals surface area contributed by atoms with E-state index in [1.165, 1.54) is 58.4 Å². The number of nitrogens with zero attached hydrogens (tertiary/aromatic N) is 2. The Bertz CT molecular complexity index is 235. The number of hydrogen-bond donors (Lipinski definition) is 1. The molecule has 0 aromatic carbocycles. The van der Waals surface area contributed by atoms with Crippen molar-refractivity contribution in [2.45, 2.75) is 37.3 Å². The lowest BCUT2D eigenvalue weighted by atomic mass is 9.88. The van der Waals surface area contributed by atoms with E-state index in [0.29, 0.717) is 5.54 Å². The maximum absolute atomic E-state index is 3.54. The lowest BCUT2D eigenvalue weighted by Gasteiger charge is -2.55. The first-order valence-corrected chi connectivity index (χ1v) is 6.46. The maximum Gasteiger partial charge on any atom is 0.0354 e. The van der Waals surface area contributed by atoms with E-state index in [0.717, 1.165) is 6.04 Å². The van der Waals surface area contributed by atoms with Crippen molar-refractivity contribution in [1.82, 2.24) is 15.1 Å². The zero-order valence-electron chi connectivity index (χ0n) is 9.84. The van der Waals surface area contributed by atoms with Gasteiger partial charge in [-0.2, -0.15) is 0 Å². The summed E-state index contributed by atoms with van der Waals surface area (Å²) in [5.41, 5.74) is 0.555. The molecule has 1 unspecified atom stereocenters. The Balaban J connectivity index is 1.84. The highest BCUT2D eigenvalue weighted by Crippen LogP contribution is 2.39. The Morgan fingerprint density at radius 1 is 1.27 bits per heavy atom. The van der Waals surface area contributed by atoms with E-state index in [-0.39, 0.29) is 0 Å². The summed E-state index contributed by atoms with van der Waals surface area (Å²) in [6, 6.07) is 0.774. The molecule has 86 valence electrons. The van der Waals surface area contributed by atoms with E-state index >= 15 is 0 Å². The highest BCUT2D eigenvalue weighted by Gasteiger charge is 2.47. The molecule has 3 rings (SSSR count). The molecule has 1 aliphatic carbocycles. The van der Waals surface area contributed by atoms with Crippen LogP contribution in [0, 0.1) is 0 Å². The van der Waals surface area contributed by atoms with E-state index in [4.69, 9.17) is 0 Å². The van der Waals surface area contributed by atoms with Gasteiger partial charge >= 0.3 is 0 Å². The molecule has 1 saturated carbocycles. The van der Waals surface area contributed by atoms with E-state index in [2.05, 4.69) is 22.2 Å². The van der Waals surface area contributed by atoms with Crippen LogP contribution in [0.4, 0.5) is 0 Å². The monoisotopic (exact) mass is 209 g/mol. The molecule has 1 spiro atoms. The van der Waals surface area contributed by atoms with Crippen molar-refractivity contribution in [2.75, 3.05) is 39.8 Å². The van der Waals surface area contributed by atoms with Crippen molar-refractivity contribution in [1.29, 1.82) is 0 Å². The number of piperazine rings is 2. The van der Waals surface area contributed by atoms with Gasteiger partial charge in [-0.15, -0.1) is 0 Å². The lowest BCUT2D eigenvalue weighted by molar-refractivity contribution is -0.0440. The van der Waals surface area contributed by atoms with Gasteiger partial charge in [0.05, 0.1) is 0 Å². The minimum atomic E-state index is 0.555. The van der Waals surface area contributed by atoms with Crippen molar-refractivity contribution in [2.24, 2.45) is 0 Å². The summed E-state index contributed by atoms with van der Waals surface area (Å²) < 4.78 is 0. The molecule has 0 aromatic rings. The van der Waals surface area contributed by atoms with Crippen molar-refractivity contribution < 1.29 is 0 Å². The van der Waals surface area contributed by atoms with Crippen LogP contribution < -0.4 is 5.32 Å². The van der Waals surface area contributed by atoms with Crippen LogP contribution in [0.2, 0.25) is 0 Å². The van der Waals surface area contributed by atoms with Gasteiger partial charge < -0.3 is 10.2 Å². The second-order valence-corrected chi connectivity index (χ2v) is 5.68. The molecule has 15 heavy (non-hydrogen) atoms. The first-order chi connectivity index (χ1) is 7.30. The molecule has 2 heterocycles. The molecular weight excluding hydrogens is 186 g/mol. The predicted octanol–water partition coefficient (Wildman–Crippen LogP) is 0.518. The number of hydrogen-bond acceptors (Lipinski definition) is 3. The van der Waals surface area contributed by atoms with E-state index in [9.17, 15) is 0 Å². The van der Waals surface area contributed by atoms with Crippen LogP contribution in [-0.2, 0) is 0 Å². The molecule has 0 aromatic heterocycles. The van der Waals surface area contributed by atoms with Crippen LogP contribution in [0.25, 0.3) is 0 Å². The molecule has 3 nitrogen and oxygen atoms in total. The van der Waals surface area contributed by atoms with Gasteiger partial charge in [0, 0.05) is 44.3 Å². The topological polar surface area (TPSA) is 18.5 Å². The van der Waals surface area contributed by atoms with Crippen LogP contribution in [-0.4, -0.2) is 61.2 Å². The summed E-state index contributed by atoms with van der Waals surface area (Å²) in [5, 5.41) is 3.54. The van der Waals surface area contributed by atoms with Crippen LogP contribution in [0.3, 0.4) is 0 Å². The van der Waals surface area contributed by atoms with Crippen LogP contribution in [0.5, 0.6) is 0 Å². The van der Waals surface area contributed by atoms with Crippen molar-refractivity contribution in [3.05, 3.63) is 0 Å². The van der Waals surface area contributed by atoms with Crippen LogP contribution in [0.15, 0.2) is 0 Å². The smallest absolute Gasteiger partial charge is 0.0354 e. The summed E-state index contributed by atoms with van der Waals surface area (Å²) in [4.78, 5) is 5.40. The van der Waals surface area contributed by atoms with E-state index < -0.39 is 0 Å². The van der Waals surface area contributed by atoms with Gasteiger partial charge in [0.2, 0.25) is 0 Å². The molecule has 0 amide bonds. The van der Waals surface area contributed by atoms with Crippen LogP contribution in [0.1, 0.15) is 25.7 Å². The second kappa shape index (κ2) is 3.72. The average Bonchev–Trinajstić information content (AvgIpc) is 2.67. The van der Waals surface area contributed by atoms with Crippen molar-refractivity contribution in [3.63, 3.8) is 0 Å². The standard InChI is InChI=1S/C12H23N3/c1-14-9-11-8-13-6-7-15(11)12(10-14)4-2-3-5-12/h11,13H,2-10H2,1H3. The molecule has 1 N–H and O–H groups in total. The molecule has 0 radical (unpaired) electrons. The Morgan fingerprint density at radius 2 is 2.07 bits per heavy atom. The highest BCUT2D eigenvalue weighted by atomic mass is 15.4. The quantitative estimate of drug-likeness (QED) is 0.627. The Hall–Kier alpha value is -0.120. The van der Waals surface area contributed by atoms with Gasteiger partial charge in [0.1, 0.15) is 0 Å². The fraction of sp³-hybridized carbons (Fsp3) is 1.00. The Kier molecular flexibility index (Phi) is 2.49. The summed E-state index contributed by atoms with van der Waals surface area (Å²) in [7, 11) is 2.30. The molecule has 3 fully saturated rings. The van der Waals surface area contributed by atoms with Gasteiger partial charge in [0.25, 0.3) is 0 Å². The summed E-state index contributed by atoms with van der Waals surface area (Å²) in [6.45, 7) is 6.24. The number of likely N-dealkylation sites (N-methyl/N-ethyl adjacent to an activating group) is 1. The molecule has 2 saturated heterocycles. The number of rotatable bonds is 0. The molecule has 0 bridgehead atoms. The van der Waals surface area contributed by atoms with Gasteiger partial charge in [-0.1, -0.05) is 12.8 Å². The van der Waals surface area contributed by atoms with Gasteiger partial charge in [-0.3, -0.25) is 4.90 Å². The largest absolute Gasteiger partial charge is 0.314 e. The summed E-state index contributed by atoms with van der Waals surface area (Å²) in [6.07, 6.45) is 5.77. The number of fused-ring (bicyclic) bond motifs is 2. The molecular formula is C12H23N3. The minimum Gasteiger partial charge on any atom is -0.314 e. The van der Waals surface area contributed by atoms with Gasteiger partial charge in [0.15, 0.2) is 0 Å². The maximum atomic E-state index is 3.54. The third-order valence-corrected chi connectivity index (χ3v) is 4.58. The molecule has 2 aliphatic heterocycles. The first kappa shape index (κ1) is 10.1. The highest BCUT2D eigenvalue weighted by molar-refractivity contribution is 5.04. The zero-order chi connectivity index (χ0) is 10.3. The molecule has 1 atom stereocenters. The van der Waals surface area contributed by atoms with Crippen molar-refractivity contribution >= 4 is 0 Å². The van der Waals surface area contributed by atoms with Crippen LogP contribution >= 0.6 is 0 Å². The van der Waals surface area contributed by atoms with Crippen molar-refractivity contribution in [3.8, 4) is 0 Å². The van der Waals surface area contributed by atoms with E-state index in [1.54, 1.807) is 0 Å². The minimum absolute atomic E-state index is 0.555. The normalized spacial score (nSPS) is 37.0.